The molecule has 0 saturated carbocycles. The summed E-state index contributed by atoms with van der Waals surface area (Å²) in [6.07, 6.45) is 0. The minimum atomic E-state index is -0.0667. The van der Waals surface area contributed by atoms with Crippen molar-refractivity contribution in [2.45, 2.75) is 26.2 Å². The van der Waals surface area contributed by atoms with Gasteiger partial charge in [0, 0.05) is 7.11 Å². The molecule has 0 bridgehead atoms. The maximum Gasteiger partial charge on any atom is 0.157 e. The van der Waals surface area contributed by atoms with Gasteiger partial charge >= 0.3 is 0 Å². The molecule has 0 saturated heterocycles. The Morgan fingerprint density at radius 2 is 1.43 bits per heavy atom. The third-order valence-corrected chi connectivity index (χ3v) is 1.84. The van der Waals surface area contributed by atoms with Crippen LogP contribution in [-0.2, 0) is 5.41 Å². The second-order valence-electron chi connectivity index (χ2n) is 3.95. The summed E-state index contributed by atoms with van der Waals surface area (Å²) < 4.78 is 0. The summed E-state index contributed by atoms with van der Waals surface area (Å²) in [7, 11) is 1.00. The highest BCUT2D eigenvalue weighted by Crippen LogP contribution is 2.30. The van der Waals surface area contributed by atoms with E-state index in [1.807, 2.05) is 6.07 Å². The van der Waals surface area contributed by atoms with Gasteiger partial charge in [-0.1, -0.05) is 26.8 Å². The van der Waals surface area contributed by atoms with Gasteiger partial charge in [0.1, 0.15) is 0 Å². The first-order chi connectivity index (χ1) is 6.41. The van der Waals surface area contributed by atoms with Crippen LogP contribution in [0.15, 0.2) is 18.2 Å². The monoisotopic (exact) mass is 198 g/mol. The van der Waals surface area contributed by atoms with E-state index in [9.17, 15) is 5.11 Å². The minimum Gasteiger partial charge on any atom is -0.504 e. The Morgan fingerprint density at radius 3 is 1.79 bits per heavy atom. The smallest absolute Gasteiger partial charge is 0.157 e. The molecule has 0 aromatic heterocycles. The average Bonchev–Trinajstić information content (AvgIpc) is 2.11. The lowest BCUT2D eigenvalue weighted by atomic mass is 9.87. The van der Waals surface area contributed by atoms with Crippen LogP contribution in [0.25, 0.3) is 0 Å². The molecule has 1 rings (SSSR count). The first kappa shape index (κ1) is 12.8. The van der Waals surface area contributed by atoms with E-state index < -0.39 is 0 Å². The van der Waals surface area contributed by atoms with Crippen molar-refractivity contribution < 1.29 is 15.3 Å². The first-order valence-corrected chi connectivity index (χ1v) is 4.38. The summed E-state index contributed by atoms with van der Waals surface area (Å²) in [5.74, 6) is -0.120. The van der Waals surface area contributed by atoms with E-state index in [0.717, 1.165) is 12.7 Å². The molecule has 0 spiro atoms. The SMILES string of the molecule is CC(C)(C)c1ccc(O)c(O)c1.CO. The Balaban J connectivity index is 0.000000791. The van der Waals surface area contributed by atoms with Crippen LogP contribution in [0.4, 0.5) is 0 Å². The maximum atomic E-state index is 9.21. The maximum absolute atomic E-state index is 9.21. The Kier molecular flexibility index (Phi) is 4.44. The quantitative estimate of drug-likeness (QED) is 0.559. The van der Waals surface area contributed by atoms with Crippen molar-refractivity contribution in [3.05, 3.63) is 23.8 Å². The summed E-state index contributed by atoms with van der Waals surface area (Å²) in [4.78, 5) is 0. The van der Waals surface area contributed by atoms with Crippen LogP contribution in [0.2, 0.25) is 0 Å². The predicted molar refractivity (Wildman–Crippen MR) is 56.6 cm³/mol. The van der Waals surface area contributed by atoms with E-state index in [2.05, 4.69) is 20.8 Å². The number of aromatic hydroxyl groups is 2. The second kappa shape index (κ2) is 4.86. The van der Waals surface area contributed by atoms with E-state index in [-0.39, 0.29) is 16.9 Å². The van der Waals surface area contributed by atoms with Crippen LogP contribution >= 0.6 is 0 Å². The number of phenols is 2. The van der Waals surface area contributed by atoms with Crippen LogP contribution in [0.1, 0.15) is 26.3 Å². The van der Waals surface area contributed by atoms with E-state index in [4.69, 9.17) is 10.2 Å². The zero-order valence-electron chi connectivity index (χ0n) is 9.07. The van der Waals surface area contributed by atoms with Crippen molar-refractivity contribution in [2.24, 2.45) is 0 Å². The summed E-state index contributed by atoms with van der Waals surface area (Å²) in [5, 5.41) is 25.3. The largest absolute Gasteiger partial charge is 0.504 e. The Labute approximate surface area is 84.6 Å². The molecule has 0 aliphatic carbocycles. The van der Waals surface area contributed by atoms with Gasteiger partial charge in [0.2, 0.25) is 0 Å². The van der Waals surface area contributed by atoms with Gasteiger partial charge in [-0.2, -0.15) is 0 Å². The van der Waals surface area contributed by atoms with Gasteiger partial charge < -0.3 is 15.3 Å². The van der Waals surface area contributed by atoms with Crippen LogP contribution in [0, 0.1) is 0 Å². The van der Waals surface area contributed by atoms with Crippen molar-refractivity contribution in [1.82, 2.24) is 0 Å². The minimum absolute atomic E-state index is 0.00514. The van der Waals surface area contributed by atoms with Crippen molar-refractivity contribution in [1.29, 1.82) is 0 Å². The zero-order valence-corrected chi connectivity index (χ0v) is 9.07. The molecule has 0 unspecified atom stereocenters. The van der Waals surface area contributed by atoms with E-state index in [1.54, 1.807) is 6.07 Å². The number of benzene rings is 1. The molecule has 3 nitrogen and oxygen atoms in total. The molecule has 0 aliphatic rings. The molecule has 1 aromatic carbocycles. The van der Waals surface area contributed by atoms with Gasteiger partial charge in [-0.3, -0.25) is 0 Å². The van der Waals surface area contributed by atoms with Crippen molar-refractivity contribution >= 4 is 0 Å². The number of hydrogen-bond donors (Lipinski definition) is 3. The van der Waals surface area contributed by atoms with Gasteiger partial charge in [-0.15, -0.1) is 0 Å². The number of phenolic OH excluding ortho intramolecular Hbond substituents is 2. The lowest BCUT2D eigenvalue weighted by Crippen LogP contribution is -2.10. The lowest BCUT2D eigenvalue weighted by Gasteiger charge is -2.19. The average molecular weight is 198 g/mol. The van der Waals surface area contributed by atoms with E-state index in [1.165, 1.54) is 6.07 Å². The van der Waals surface area contributed by atoms with Crippen molar-refractivity contribution in [3.8, 4) is 11.5 Å². The number of aliphatic hydroxyl groups is 1. The van der Waals surface area contributed by atoms with Crippen LogP contribution < -0.4 is 0 Å². The molecule has 80 valence electrons. The number of rotatable bonds is 0. The van der Waals surface area contributed by atoms with Crippen LogP contribution in [-0.4, -0.2) is 22.4 Å². The Hall–Kier alpha value is -1.22. The number of aliphatic hydroxyl groups excluding tert-OH is 1. The molecule has 14 heavy (non-hydrogen) atoms. The normalized spacial score (nSPS) is 10.4. The highest BCUT2D eigenvalue weighted by Gasteiger charge is 2.14. The molecule has 0 atom stereocenters. The third kappa shape index (κ3) is 3.26. The molecule has 0 radical (unpaired) electrons. The van der Waals surface area contributed by atoms with Gasteiger partial charge in [0.25, 0.3) is 0 Å². The zero-order chi connectivity index (χ0) is 11.4. The molecule has 3 N–H and O–H groups in total. The Bertz CT molecular complexity index is 287. The molecular formula is C11H18O3. The molecule has 0 amide bonds. The van der Waals surface area contributed by atoms with Crippen LogP contribution in [0.5, 0.6) is 11.5 Å². The van der Waals surface area contributed by atoms with Crippen molar-refractivity contribution in [2.75, 3.05) is 7.11 Å². The lowest BCUT2D eigenvalue weighted by molar-refractivity contribution is 0.399. The first-order valence-electron chi connectivity index (χ1n) is 4.38. The molecule has 0 fully saturated rings. The standard InChI is InChI=1S/C10H14O2.CH4O/c1-10(2,3)7-4-5-8(11)9(12)6-7;1-2/h4-6,11-12H,1-3H3;2H,1H3. The van der Waals surface area contributed by atoms with Crippen molar-refractivity contribution in [3.63, 3.8) is 0 Å². The van der Waals surface area contributed by atoms with Crippen LogP contribution in [0.3, 0.4) is 0 Å². The number of hydrogen-bond acceptors (Lipinski definition) is 3. The van der Waals surface area contributed by atoms with E-state index >= 15 is 0 Å². The third-order valence-electron chi connectivity index (χ3n) is 1.84. The van der Waals surface area contributed by atoms with E-state index in [0.29, 0.717) is 0 Å². The van der Waals surface area contributed by atoms with Gasteiger partial charge in [0.15, 0.2) is 11.5 Å². The predicted octanol–water partition coefficient (Wildman–Crippen LogP) is 2.00. The summed E-state index contributed by atoms with van der Waals surface area (Å²) >= 11 is 0. The topological polar surface area (TPSA) is 60.7 Å². The summed E-state index contributed by atoms with van der Waals surface area (Å²) in [6, 6.07) is 4.92. The van der Waals surface area contributed by atoms with Gasteiger partial charge in [-0.05, 0) is 23.1 Å². The highest BCUT2D eigenvalue weighted by atomic mass is 16.3. The van der Waals surface area contributed by atoms with Gasteiger partial charge in [0.05, 0.1) is 0 Å². The van der Waals surface area contributed by atoms with Gasteiger partial charge in [-0.25, -0.2) is 0 Å². The second-order valence-corrected chi connectivity index (χ2v) is 3.95. The molecule has 0 heterocycles. The summed E-state index contributed by atoms with van der Waals surface area (Å²) in [6.45, 7) is 6.16. The fourth-order valence-electron chi connectivity index (χ4n) is 0.990. The fourth-order valence-corrected chi connectivity index (χ4v) is 0.990. The molecule has 0 aliphatic heterocycles. The Morgan fingerprint density at radius 1 is 0.929 bits per heavy atom. The molecule has 1 aromatic rings. The summed E-state index contributed by atoms with van der Waals surface area (Å²) in [5.41, 5.74) is 1.02. The molecular weight excluding hydrogens is 180 g/mol. The highest BCUT2D eigenvalue weighted by molar-refractivity contribution is 5.42. The fraction of sp³-hybridized carbons (Fsp3) is 0.455. The molecule has 3 heteroatoms.